The summed E-state index contributed by atoms with van der Waals surface area (Å²) in [5.74, 6) is 2.09. The van der Waals surface area contributed by atoms with Crippen molar-refractivity contribution in [1.82, 2.24) is 4.90 Å². The minimum Gasteiger partial charge on any atom is -0.465 e. The van der Waals surface area contributed by atoms with E-state index in [2.05, 4.69) is 24.0 Å². The smallest absolute Gasteiger partial charge is 0.118 e. The molecule has 4 nitrogen and oxygen atoms in total. The standard InChI is InChI=1S/C13H22N2O2/c1-3-11-4-5-12(17-11)8-15-6-7-16-13(9-15)10(2)14/h4-5,10,13H,3,6-9,14H2,1-2H3. The van der Waals surface area contributed by atoms with Gasteiger partial charge in [-0.05, 0) is 19.1 Å². The Bertz CT molecular complexity index is 349. The molecule has 1 aromatic heterocycles. The first-order chi connectivity index (χ1) is 8.19. The molecule has 4 heteroatoms. The third-order valence-electron chi connectivity index (χ3n) is 3.21. The van der Waals surface area contributed by atoms with Crippen molar-refractivity contribution in [3.63, 3.8) is 0 Å². The predicted molar refractivity (Wildman–Crippen MR) is 66.8 cm³/mol. The molecule has 0 amide bonds. The second kappa shape index (κ2) is 5.67. The Morgan fingerprint density at radius 1 is 1.47 bits per heavy atom. The van der Waals surface area contributed by atoms with Crippen molar-refractivity contribution in [2.75, 3.05) is 19.7 Å². The highest BCUT2D eigenvalue weighted by atomic mass is 16.5. The maximum Gasteiger partial charge on any atom is 0.118 e. The maximum absolute atomic E-state index is 5.87. The van der Waals surface area contributed by atoms with E-state index >= 15 is 0 Å². The first-order valence-corrected chi connectivity index (χ1v) is 6.36. The van der Waals surface area contributed by atoms with Crippen LogP contribution in [0.15, 0.2) is 16.5 Å². The fraction of sp³-hybridized carbons (Fsp3) is 0.692. The molecule has 1 aliphatic heterocycles. The van der Waals surface area contributed by atoms with E-state index in [-0.39, 0.29) is 12.1 Å². The fourth-order valence-electron chi connectivity index (χ4n) is 2.11. The molecule has 96 valence electrons. The van der Waals surface area contributed by atoms with Crippen LogP contribution in [0.5, 0.6) is 0 Å². The molecule has 2 rings (SSSR count). The zero-order valence-corrected chi connectivity index (χ0v) is 10.7. The van der Waals surface area contributed by atoms with E-state index in [0.717, 1.165) is 44.2 Å². The van der Waals surface area contributed by atoms with E-state index in [9.17, 15) is 0 Å². The van der Waals surface area contributed by atoms with Gasteiger partial charge in [-0.2, -0.15) is 0 Å². The quantitative estimate of drug-likeness (QED) is 0.861. The molecule has 0 aromatic carbocycles. The topological polar surface area (TPSA) is 51.6 Å². The lowest BCUT2D eigenvalue weighted by Crippen LogP contribution is -2.49. The number of nitrogens with zero attached hydrogens (tertiary/aromatic N) is 1. The van der Waals surface area contributed by atoms with Crippen LogP contribution in [0.4, 0.5) is 0 Å². The van der Waals surface area contributed by atoms with Crippen LogP contribution < -0.4 is 5.73 Å². The first kappa shape index (κ1) is 12.6. The van der Waals surface area contributed by atoms with Crippen LogP contribution in [0.3, 0.4) is 0 Å². The third kappa shape index (κ3) is 3.31. The fourth-order valence-corrected chi connectivity index (χ4v) is 2.11. The Morgan fingerprint density at radius 3 is 2.88 bits per heavy atom. The lowest BCUT2D eigenvalue weighted by molar-refractivity contribution is -0.0420. The summed E-state index contributed by atoms with van der Waals surface area (Å²) in [5.41, 5.74) is 5.87. The molecule has 0 radical (unpaired) electrons. The highest BCUT2D eigenvalue weighted by Crippen LogP contribution is 2.14. The van der Waals surface area contributed by atoms with Gasteiger partial charge in [-0.3, -0.25) is 4.90 Å². The van der Waals surface area contributed by atoms with Crippen molar-refractivity contribution < 1.29 is 9.15 Å². The zero-order valence-electron chi connectivity index (χ0n) is 10.7. The summed E-state index contributed by atoms with van der Waals surface area (Å²) in [6.07, 6.45) is 1.09. The van der Waals surface area contributed by atoms with E-state index in [1.165, 1.54) is 0 Å². The van der Waals surface area contributed by atoms with Crippen LogP contribution in [0, 0.1) is 0 Å². The Labute approximate surface area is 103 Å². The Balaban J connectivity index is 1.90. The van der Waals surface area contributed by atoms with Crippen LogP contribution in [0.2, 0.25) is 0 Å². The predicted octanol–water partition coefficient (Wildman–Crippen LogP) is 1.39. The number of aryl methyl sites for hydroxylation is 1. The normalized spacial score (nSPS) is 23.8. The number of furan rings is 1. The summed E-state index contributed by atoms with van der Waals surface area (Å²) >= 11 is 0. The van der Waals surface area contributed by atoms with Gasteiger partial charge in [0.2, 0.25) is 0 Å². The highest BCUT2D eigenvalue weighted by Gasteiger charge is 2.23. The maximum atomic E-state index is 5.87. The Morgan fingerprint density at radius 2 is 2.24 bits per heavy atom. The second-order valence-corrected chi connectivity index (χ2v) is 4.73. The monoisotopic (exact) mass is 238 g/mol. The molecule has 2 unspecified atom stereocenters. The molecule has 0 aliphatic carbocycles. The highest BCUT2D eigenvalue weighted by molar-refractivity contribution is 5.07. The molecule has 2 N–H and O–H groups in total. The van der Waals surface area contributed by atoms with E-state index in [4.69, 9.17) is 14.9 Å². The van der Waals surface area contributed by atoms with Gasteiger partial charge in [-0.25, -0.2) is 0 Å². The van der Waals surface area contributed by atoms with Crippen LogP contribution >= 0.6 is 0 Å². The van der Waals surface area contributed by atoms with Crippen molar-refractivity contribution in [3.05, 3.63) is 23.7 Å². The van der Waals surface area contributed by atoms with Crippen LogP contribution in [-0.2, 0) is 17.7 Å². The van der Waals surface area contributed by atoms with Crippen molar-refractivity contribution in [2.45, 2.75) is 39.0 Å². The first-order valence-electron chi connectivity index (χ1n) is 6.36. The Kier molecular flexibility index (Phi) is 4.20. The van der Waals surface area contributed by atoms with Gasteiger partial charge < -0.3 is 14.9 Å². The van der Waals surface area contributed by atoms with Gasteiger partial charge in [0.1, 0.15) is 11.5 Å². The molecule has 0 spiro atoms. The molecule has 1 saturated heterocycles. The minimum absolute atomic E-state index is 0.0839. The zero-order chi connectivity index (χ0) is 12.3. The van der Waals surface area contributed by atoms with E-state index in [1.807, 2.05) is 6.92 Å². The number of morpholine rings is 1. The largest absolute Gasteiger partial charge is 0.465 e. The van der Waals surface area contributed by atoms with Gasteiger partial charge in [0.05, 0.1) is 19.3 Å². The number of rotatable bonds is 4. The summed E-state index contributed by atoms with van der Waals surface area (Å²) in [7, 11) is 0. The van der Waals surface area contributed by atoms with E-state index < -0.39 is 0 Å². The number of hydrogen-bond acceptors (Lipinski definition) is 4. The van der Waals surface area contributed by atoms with Crippen LogP contribution in [0.1, 0.15) is 25.4 Å². The third-order valence-corrected chi connectivity index (χ3v) is 3.21. The summed E-state index contributed by atoms with van der Waals surface area (Å²) < 4.78 is 11.4. The van der Waals surface area contributed by atoms with Crippen LogP contribution in [0.25, 0.3) is 0 Å². The van der Waals surface area contributed by atoms with Crippen molar-refractivity contribution in [3.8, 4) is 0 Å². The van der Waals surface area contributed by atoms with Crippen LogP contribution in [-0.4, -0.2) is 36.7 Å². The molecular weight excluding hydrogens is 216 g/mol. The van der Waals surface area contributed by atoms with Crippen molar-refractivity contribution >= 4 is 0 Å². The van der Waals surface area contributed by atoms with Crippen molar-refractivity contribution in [2.24, 2.45) is 5.73 Å². The van der Waals surface area contributed by atoms with Gasteiger partial charge in [-0.15, -0.1) is 0 Å². The Hall–Kier alpha value is -0.840. The van der Waals surface area contributed by atoms with E-state index in [0.29, 0.717) is 0 Å². The minimum atomic E-state index is 0.0839. The van der Waals surface area contributed by atoms with Gasteiger partial charge in [0.15, 0.2) is 0 Å². The molecule has 2 atom stereocenters. The number of hydrogen-bond donors (Lipinski definition) is 1. The molecule has 0 saturated carbocycles. The summed E-state index contributed by atoms with van der Waals surface area (Å²) in [4.78, 5) is 2.34. The lowest BCUT2D eigenvalue weighted by atomic mass is 10.1. The average Bonchev–Trinajstić information content (AvgIpc) is 2.77. The molecule has 1 fully saturated rings. The van der Waals surface area contributed by atoms with Crippen molar-refractivity contribution in [1.29, 1.82) is 0 Å². The van der Waals surface area contributed by atoms with Gasteiger partial charge >= 0.3 is 0 Å². The second-order valence-electron chi connectivity index (χ2n) is 4.73. The molecule has 1 aromatic rings. The average molecular weight is 238 g/mol. The van der Waals surface area contributed by atoms with Gasteiger partial charge in [-0.1, -0.05) is 6.92 Å². The summed E-state index contributed by atoms with van der Waals surface area (Å²) in [6.45, 7) is 7.55. The SMILES string of the molecule is CCc1ccc(CN2CCOC(C(C)N)C2)o1. The number of ether oxygens (including phenoxy) is 1. The number of nitrogens with two attached hydrogens (primary N) is 1. The van der Waals surface area contributed by atoms with Gasteiger partial charge in [0, 0.05) is 25.6 Å². The van der Waals surface area contributed by atoms with Gasteiger partial charge in [0.25, 0.3) is 0 Å². The lowest BCUT2D eigenvalue weighted by Gasteiger charge is -2.34. The molecule has 1 aliphatic rings. The molecule has 0 bridgehead atoms. The molecule has 2 heterocycles. The molecule has 17 heavy (non-hydrogen) atoms. The van der Waals surface area contributed by atoms with E-state index in [1.54, 1.807) is 0 Å². The summed E-state index contributed by atoms with van der Waals surface area (Å²) in [6, 6.07) is 4.20. The molecular formula is C13H22N2O2. The summed E-state index contributed by atoms with van der Waals surface area (Å²) in [5, 5.41) is 0.